The highest BCUT2D eigenvalue weighted by atomic mass is 16.7. The number of carbonyl (C=O) groups is 2. The van der Waals surface area contributed by atoms with E-state index in [0.29, 0.717) is 24.3 Å². The highest BCUT2D eigenvalue weighted by molar-refractivity contribution is 6.09. The average molecular weight is 249 g/mol. The molecule has 0 bridgehead atoms. The van der Waals surface area contributed by atoms with E-state index in [2.05, 4.69) is 0 Å². The number of hydrogen-bond acceptors (Lipinski definition) is 3. The number of hydroxylamine groups is 1. The first kappa shape index (κ1) is 11.3. The molecule has 0 radical (unpaired) electrons. The van der Waals surface area contributed by atoms with Gasteiger partial charge in [0.05, 0.1) is 7.11 Å². The van der Waals surface area contributed by atoms with Gasteiger partial charge in [-0.3, -0.25) is 14.4 Å². The van der Waals surface area contributed by atoms with Gasteiger partial charge >= 0.3 is 0 Å². The maximum Gasteiger partial charge on any atom is 0.273 e. The number of carbonyl (C=O) groups excluding carboxylic acids is 2. The van der Waals surface area contributed by atoms with E-state index in [0.717, 1.165) is 6.42 Å². The van der Waals surface area contributed by atoms with E-state index in [1.807, 2.05) is 0 Å². The van der Waals surface area contributed by atoms with Crippen LogP contribution in [-0.4, -0.2) is 41.0 Å². The summed E-state index contributed by atoms with van der Waals surface area (Å²) < 4.78 is 1.73. The molecule has 0 aromatic carbocycles. The predicted octanol–water partition coefficient (Wildman–Crippen LogP) is 0.538. The standard InChI is InChI=1S/C12H15N3O3/c1-13-7-5-8-10(13)12(17)14-6-3-4-9(14)11(16)15(8)18-2/h5,7,9H,3-4,6H2,1-2H3/t9-/m0/s1. The molecular formula is C12H15N3O3. The Labute approximate surface area is 105 Å². The summed E-state index contributed by atoms with van der Waals surface area (Å²) in [4.78, 5) is 31.7. The molecule has 18 heavy (non-hydrogen) atoms. The second-order valence-electron chi connectivity index (χ2n) is 4.63. The lowest BCUT2D eigenvalue weighted by Crippen LogP contribution is -2.44. The first-order valence-corrected chi connectivity index (χ1v) is 5.99. The summed E-state index contributed by atoms with van der Waals surface area (Å²) in [6.45, 7) is 0.636. The number of hydrogen-bond donors (Lipinski definition) is 0. The molecule has 0 aliphatic carbocycles. The molecular weight excluding hydrogens is 234 g/mol. The molecule has 0 unspecified atom stereocenters. The van der Waals surface area contributed by atoms with E-state index >= 15 is 0 Å². The van der Waals surface area contributed by atoms with Gasteiger partial charge in [0, 0.05) is 19.8 Å². The van der Waals surface area contributed by atoms with Crippen LogP contribution in [0.5, 0.6) is 0 Å². The Morgan fingerprint density at radius 2 is 2.17 bits per heavy atom. The van der Waals surface area contributed by atoms with Gasteiger partial charge in [-0.2, -0.15) is 5.06 Å². The van der Waals surface area contributed by atoms with Gasteiger partial charge in [-0.1, -0.05) is 0 Å². The number of rotatable bonds is 1. The van der Waals surface area contributed by atoms with Gasteiger partial charge in [0.25, 0.3) is 11.8 Å². The highest BCUT2D eigenvalue weighted by Crippen LogP contribution is 2.32. The van der Waals surface area contributed by atoms with E-state index in [1.165, 1.54) is 12.2 Å². The van der Waals surface area contributed by atoms with Gasteiger partial charge in [-0.25, -0.2) is 0 Å². The van der Waals surface area contributed by atoms with Crippen molar-refractivity contribution in [2.75, 3.05) is 18.7 Å². The van der Waals surface area contributed by atoms with Gasteiger partial charge in [0.1, 0.15) is 17.4 Å². The van der Waals surface area contributed by atoms with Crippen molar-refractivity contribution in [3.8, 4) is 0 Å². The monoisotopic (exact) mass is 249 g/mol. The lowest BCUT2D eigenvalue weighted by molar-refractivity contribution is -0.128. The van der Waals surface area contributed by atoms with E-state index in [4.69, 9.17) is 4.84 Å². The Bertz CT molecular complexity index is 523. The molecule has 2 aliphatic rings. The highest BCUT2D eigenvalue weighted by Gasteiger charge is 2.43. The van der Waals surface area contributed by atoms with Crippen molar-refractivity contribution in [3.63, 3.8) is 0 Å². The molecule has 1 atom stereocenters. The Kier molecular flexibility index (Phi) is 2.41. The summed E-state index contributed by atoms with van der Waals surface area (Å²) in [7, 11) is 3.25. The zero-order valence-corrected chi connectivity index (χ0v) is 10.4. The van der Waals surface area contributed by atoms with Crippen LogP contribution in [0, 0.1) is 0 Å². The van der Waals surface area contributed by atoms with Crippen molar-refractivity contribution >= 4 is 17.5 Å². The number of aryl methyl sites for hydroxylation is 1. The fourth-order valence-electron chi connectivity index (χ4n) is 2.79. The van der Waals surface area contributed by atoms with Crippen LogP contribution in [0.15, 0.2) is 12.3 Å². The van der Waals surface area contributed by atoms with Crippen molar-refractivity contribution in [2.24, 2.45) is 7.05 Å². The fraction of sp³-hybridized carbons (Fsp3) is 0.500. The van der Waals surface area contributed by atoms with Crippen LogP contribution in [0.4, 0.5) is 5.69 Å². The first-order chi connectivity index (χ1) is 8.65. The van der Waals surface area contributed by atoms with Crippen molar-refractivity contribution in [1.29, 1.82) is 0 Å². The molecule has 1 aromatic rings. The fourth-order valence-corrected chi connectivity index (χ4v) is 2.79. The lowest BCUT2D eigenvalue weighted by atomic mass is 10.2. The van der Waals surface area contributed by atoms with Crippen LogP contribution in [0.25, 0.3) is 0 Å². The second kappa shape index (κ2) is 3.84. The molecule has 2 aliphatic heterocycles. The van der Waals surface area contributed by atoms with Crippen LogP contribution in [0.3, 0.4) is 0 Å². The lowest BCUT2D eigenvalue weighted by Gasteiger charge is -2.23. The van der Waals surface area contributed by atoms with Crippen molar-refractivity contribution in [1.82, 2.24) is 9.47 Å². The maximum atomic E-state index is 12.5. The van der Waals surface area contributed by atoms with Crippen molar-refractivity contribution in [2.45, 2.75) is 18.9 Å². The largest absolute Gasteiger partial charge is 0.345 e. The topological polar surface area (TPSA) is 54.8 Å². The summed E-state index contributed by atoms with van der Waals surface area (Å²) in [5.74, 6) is -0.249. The maximum absolute atomic E-state index is 12.5. The summed E-state index contributed by atoms with van der Waals surface area (Å²) in [6.07, 6.45) is 3.33. The molecule has 3 heterocycles. The van der Waals surface area contributed by atoms with Gasteiger partial charge in [-0.05, 0) is 18.9 Å². The summed E-state index contributed by atoms with van der Waals surface area (Å²) >= 11 is 0. The Hall–Kier alpha value is -1.82. The van der Waals surface area contributed by atoms with Gasteiger partial charge in [-0.15, -0.1) is 0 Å². The zero-order chi connectivity index (χ0) is 12.9. The number of fused-ring (bicyclic) bond motifs is 2. The third-order valence-corrected chi connectivity index (χ3v) is 3.65. The molecule has 1 aromatic heterocycles. The summed E-state index contributed by atoms with van der Waals surface area (Å²) in [6, 6.07) is 1.35. The minimum atomic E-state index is -0.384. The smallest absolute Gasteiger partial charge is 0.273 e. The summed E-state index contributed by atoms with van der Waals surface area (Å²) in [5, 5.41) is 1.24. The molecule has 0 saturated carbocycles. The van der Waals surface area contributed by atoms with Gasteiger partial charge in [0.15, 0.2) is 0 Å². The van der Waals surface area contributed by atoms with Crippen LogP contribution in [0.1, 0.15) is 23.3 Å². The number of anilines is 1. The SMILES string of the molecule is CON1C(=O)[C@@H]2CCCN2C(=O)c2c1ccn2C. The van der Waals surface area contributed by atoms with Crippen molar-refractivity contribution < 1.29 is 14.4 Å². The number of nitrogens with zero attached hydrogens (tertiary/aromatic N) is 3. The van der Waals surface area contributed by atoms with Crippen LogP contribution >= 0.6 is 0 Å². The third-order valence-electron chi connectivity index (χ3n) is 3.65. The third kappa shape index (κ3) is 1.32. The minimum Gasteiger partial charge on any atom is -0.345 e. The van der Waals surface area contributed by atoms with E-state index in [9.17, 15) is 9.59 Å². The molecule has 6 heteroatoms. The normalized spacial score (nSPS) is 23.1. The second-order valence-corrected chi connectivity index (χ2v) is 4.63. The molecule has 2 amide bonds. The minimum absolute atomic E-state index is 0.0899. The molecule has 0 N–H and O–H groups in total. The van der Waals surface area contributed by atoms with Crippen LogP contribution < -0.4 is 5.06 Å². The molecule has 6 nitrogen and oxygen atoms in total. The number of amides is 2. The Morgan fingerprint density at radius 3 is 2.89 bits per heavy atom. The zero-order valence-electron chi connectivity index (χ0n) is 10.4. The van der Waals surface area contributed by atoms with E-state index in [1.54, 1.807) is 28.8 Å². The number of aromatic nitrogens is 1. The molecule has 1 saturated heterocycles. The van der Waals surface area contributed by atoms with E-state index < -0.39 is 0 Å². The quantitative estimate of drug-likeness (QED) is 0.730. The molecule has 1 fully saturated rings. The van der Waals surface area contributed by atoms with Crippen LogP contribution in [-0.2, 0) is 16.7 Å². The van der Waals surface area contributed by atoms with Gasteiger partial charge < -0.3 is 9.47 Å². The molecule has 3 rings (SSSR count). The van der Waals surface area contributed by atoms with Gasteiger partial charge in [0.2, 0.25) is 0 Å². The Balaban J connectivity index is 2.18. The molecule has 0 spiro atoms. The average Bonchev–Trinajstić information content (AvgIpc) is 2.94. The van der Waals surface area contributed by atoms with Crippen molar-refractivity contribution in [3.05, 3.63) is 18.0 Å². The first-order valence-electron chi connectivity index (χ1n) is 5.99. The molecule has 96 valence electrons. The van der Waals surface area contributed by atoms with E-state index in [-0.39, 0.29) is 17.9 Å². The Morgan fingerprint density at radius 1 is 1.39 bits per heavy atom. The summed E-state index contributed by atoms with van der Waals surface area (Å²) in [5.41, 5.74) is 1.04. The predicted molar refractivity (Wildman–Crippen MR) is 64.0 cm³/mol. The van der Waals surface area contributed by atoms with Crippen LogP contribution in [0.2, 0.25) is 0 Å².